The molecule has 2 heterocycles. The molecule has 182 valence electrons. The van der Waals surface area contributed by atoms with Crippen molar-refractivity contribution in [1.82, 2.24) is 19.5 Å². The molecule has 0 bridgehead atoms. The number of ether oxygens (including phenoxy) is 2. The summed E-state index contributed by atoms with van der Waals surface area (Å²) in [6.45, 7) is 3.56. The second-order valence-corrected chi connectivity index (χ2v) is 8.89. The van der Waals surface area contributed by atoms with Gasteiger partial charge in [0.1, 0.15) is 29.0 Å². The third-order valence-electron chi connectivity index (χ3n) is 4.57. The standard InChI is InChI=1S/C22H18F3N5O4S/c1-14-27-20(30-12-11-26-15(30)2)13-21(28-14)33-17-5-3-16(4-6-17)29-35(31,32)19-9-7-18(8-10-19)34-22(23,24)25/h3-13,29H,1-2H3. The van der Waals surface area contributed by atoms with Crippen molar-refractivity contribution < 1.29 is 31.1 Å². The number of nitrogens with one attached hydrogen (secondary N) is 1. The van der Waals surface area contributed by atoms with Crippen LogP contribution in [0.5, 0.6) is 17.4 Å². The van der Waals surface area contributed by atoms with Crippen molar-refractivity contribution in [2.24, 2.45) is 0 Å². The third-order valence-corrected chi connectivity index (χ3v) is 5.97. The first kappa shape index (κ1) is 24.0. The number of halogens is 3. The highest BCUT2D eigenvalue weighted by atomic mass is 32.2. The van der Waals surface area contributed by atoms with Crippen molar-refractivity contribution >= 4 is 15.7 Å². The van der Waals surface area contributed by atoms with Crippen LogP contribution in [0, 0.1) is 13.8 Å². The molecule has 35 heavy (non-hydrogen) atoms. The van der Waals surface area contributed by atoms with Crippen LogP contribution in [0.4, 0.5) is 18.9 Å². The summed E-state index contributed by atoms with van der Waals surface area (Å²) in [5.74, 6) is 1.97. The van der Waals surface area contributed by atoms with E-state index in [9.17, 15) is 21.6 Å². The Morgan fingerprint density at radius 1 is 0.943 bits per heavy atom. The second-order valence-electron chi connectivity index (χ2n) is 7.21. The lowest BCUT2D eigenvalue weighted by molar-refractivity contribution is -0.274. The fraction of sp³-hybridized carbons (Fsp3) is 0.136. The molecule has 4 rings (SSSR count). The summed E-state index contributed by atoms with van der Waals surface area (Å²) in [5, 5.41) is 0. The van der Waals surface area contributed by atoms with Gasteiger partial charge in [-0.25, -0.2) is 18.4 Å². The predicted molar refractivity (Wildman–Crippen MR) is 119 cm³/mol. The number of sulfonamides is 1. The van der Waals surface area contributed by atoms with Crippen LogP contribution in [0.2, 0.25) is 0 Å². The zero-order valence-corrected chi connectivity index (χ0v) is 19.1. The van der Waals surface area contributed by atoms with Crippen LogP contribution < -0.4 is 14.2 Å². The van der Waals surface area contributed by atoms with Gasteiger partial charge in [0.15, 0.2) is 0 Å². The largest absolute Gasteiger partial charge is 0.573 e. The number of rotatable bonds is 7. The van der Waals surface area contributed by atoms with Gasteiger partial charge in [-0.1, -0.05) is 0 Å². The van der Waals surface area contributed by atoms with Gasteiger partial charge >= 0.3 is 6.36 Å². The summed E-state index contributed by atoms with van der Waals surface area (Å²) in [5.41, 5.74) is 0.224. The van der Waals surface area contributed by atoms with Crippen LogP contribution in [-0.2, 0) is 10.0 Å². The fourth-order valence-electron chi connectivity index (χ4n) is 3.07. The lowest BCUT2D eigenvalue weighted by Gasteiger charge is -2.12. The molecule has 0 radical (unpaired) electrons. The second kappa shape index (κ2) is 9.25. The number of anilines is 1. The van der Waals surface area contributed by atoms with E-state index in [2.05, 4.69) is 24.4 Å². The van der Waals surface area contributed by atoms with Crippen molar-refractivity contribution in [2.75, 3.05) is 4.72 Å². The maximum atomic E-state index is 12.6. The highest BCUT2D eigenvalue weighted by molar-refractivity contribution is 7.92. The molecular formula is C22H18F3N5O4S. The monoisotopic (exact) mass is 505 g/mol. The first-order chi connectivity index (χ1) is 16.5. The SMILES string of the molecule is Cc1nc(Oc2ccc(NS(=O)(=O)c3ccc(OC(F)(F)F)cc3)cc2)cc(-n2ccnc2C)n1. The molecule has 0 saturated heterocycles. The van der Waals surface area contributed by atoms with Crippen molar-refractivity contribution in [3.05, 3.63) is 78.6 Å². The third kappa shape index (κ3) is 6.06. The van der Waals surface area contributed by atoms with Gasteiger partial charge in [0.05, 0.1) is 4.90 Å². The molecule has 2 aromatic heterocycles. The summed E-state index contributed by atoms with van der Waals surface area (Å²) in [4.78, 5) is 12.6. The summed E-state index contributed by atoms with van der Waals surface area (Å²) < 4.78 is 75.6. The normalized spacial score (nSPS) is 11.8. The molecule has 1 N–H and O–H groups in total. The molecule has 0 fully saturated rings. The Hall–Kier alpha value is -4.13. The van der Waals surface area contributed by atoms with E-state index in [1.165, 1.54) is 24.3 Å². The van der Waals surface area contributed by atoms with Crippen molar-refractivity contribution in [3.63, 3.8) is 0 Å². The minimum absolute atomic E-state index is 0.224. The highest BCUT2D eigenvalue weighted by Gasteiger charge is 2.31. The summed E-state index contributed by atoms with van der Waals surface area (Å²) in [6, 6.07) is 11.5. The molecule has 0 spiro atoms. The molecular weight excluding hydrogens is 487 g/mol. The average Bonchev–Trinajstić information content (AvgIpc) is 3.20. The molecule has 0 saturated carbocycles. The molecule has 0 aliphatic rings. The summed E-state index contributed by atoms with van der Waals surface area (Å²) in [6.07, 6.45) is -1.45. The number of aryl methyl sites for hydroxylation is 2. The molecule has 0 atom stereocenters. The Morgan fingerprint density at radius 2 is 1.60 bits per heavy atom. The van der Waals surface area contributed by atoms with Crippen molar-refractivity contribution in [2.45, 2.75) is 25.1 Å². The number of benzene rings is 2. The molecule has 0 amide bonds. The van der Waals surface area contributed by atoms with Crippen LogP contribution in [0.3, 0.4) is 0 Å². The van der Waals surface area contributed by atoms with Crippen molar-refractivity contribution in [1.29, 1.82) is 0 Å². The van der Waals surface area contributed by atoms with E-state index in [1.807, 2.05) is 6.92 Å². The van der Waals surface area contributed by atoms with Crippen LogP contribution >= 0.6 is 0 Å². The number of hydrogen-bond donors (Lipinski definition) is 1. The number of aromatic nitrogens is 4. The zero-order chi connectivity index (χ0) is 25.2. The molecule has 13 heteroatoms. The Kier molecular flexibility index (Phi) is 6.35. The van der Waals surface area contributed by atoms with Gasteiger partial charge in [0.2, 0.25) is 5.88 Å². The van der Waals surface area contributed by atoms with E-state index in [0.29, 0.717) is 17.4 Å². The first-order valence-electron chi connectivity index (χ1n) is 10.0. The van der Waals surface area contributed by atoms with Gasteiger partial charge < -0.3 is 9.47 Å². The van der Waals surface area contributed by atoms with E-state index < -0.39 is 22.1 Å². The van der Waals surface area contributed by atoms with Crippen molar-refractivity contribution in [3.8, 4) is 23.2 Å². The number of hydrogen-bond acceptors (Lipinski definition) is 7. The fourth-order valence-corrected chi connectivity index (χ4v) is 4.13. The lowest BCUT2D eigenvalue weighted by atomic mass is 10.3. The Balaban J connectivity index is 1.46. The van der Waals surface area contributed by atoms with E-state index in [0.717, 1.165) is 30.1 Å². The predicted octanol–water partition coefficient (Wildman–Crippen LogP) is 4.77. The summed E-state index contributed by atoms with van der Waals surface area (Å²) >= 11 is 0. The van der Waals surface area contributed by atoms with Gasteiger partial charge in [0, 0.05) is 24.1 Å². The zero-order valence-electron chi connectivity index (χ0n) is 18.3. The van der Waals surface area contributed by atoms with Crippen LogP contribution in [0.15, 0.2) is 71.9 Å². The number of nitrogens with zero attached hydrogens (tertiary/aromatic N) is 4. The van der Waals surface area contributed by atoms with Gasteiger partial charge in [-0.15, -0.1) is 13.2 Å². The van der Waals surface area contributed by atoms with E-state index in [4.69, 9.17) is 4.74 Å². The van der Waals surface area contributed by atoms with E-state index in [1.54, 1.807) is 30.0 Å². The molecule has 0 unspecified atom stereocenters. The minimum atomic E-state index is -4.87. The van der Waals surface area contributed by atoms with Crippen LogP contribution in [0.25, 0.3) is 5.82 Å². The number of imidazole rings is 1. The quantitative estimate of drug-likeness (QED) is 0.385. The summed E-state index contributed by atoms with van der Waals surface area (Å²) in [7, 11) is -4.04. The highest BCUT2D eigenvalue weighted by Crippen LogP contribution is 2.27. The smallest absolute Gasteiger partial charge is 0.439 e. The van der Waals surface area contributed by atoms with E-state index in [-0.39, 0.29) is 16.5 Å². The molecule has 0 aliphatic heterocycles. The van der Waals surface area contributed by atoms with Crippen LogP contribution in [0.1, 0.15) is 11.6 Å². The maximum Gasteiger partial charge on any atom is 0.573 e. The maximum absolute atomic E-state index is 12.6. The van der Waals surface area contributed by atoms with Gasteiger partial charge in [-0.05, 0) is 62.4 Å². The van der Waals surface area contributed by atoms with Crippen LogP contribution in [-0.4, -0.2) is 34.3 Å². The Bertz CT molecular complexity index is 1440. The van der Waals surface area contributed by atoms with Gasteiger partial charge in [-0.2, -0.15) is 4.98 Å². The molecule has 2 aromatic carbocycles. The minimum Gasteiger partial charge on any atom is -0.439 e. The average molecular weight is 505 g/mol. The van der Waals surface area contributed by atoms with Gasteiger partial charge in [-0.3, -0.25) is 9.29 Å². The first-order valence-corrected chi connectivity index (χ1v) is 11.5. The molecule has 4 aromatic rings. The topological polar surface area (TPSA) is 108 Å². The number of alkyl halides is 3. The molecule has 0 aliphatic carbocycles. The Morgan fingerprint density at radius 3 is 2.20 bits per heavy atom. The van der Waals surface area contributed by atoms with E-state index >= 15 is 0 Å². The molecule has 9 nitrogen and oxygen atoms in total. The Labute approximate surface area is 198 Å². The van der Waals surface area contributed by atoms with Gasteiger partial charge in [0.25, 0.3) is 10.0 Å². The lowest BCUT2D eigenvalue weighted by Crippen LogP contribution is -2.17.